The Bertz CT molecular complexity index is 238. The Hall–Kier alpha value is -0.630. The van der Waals surface area contributed by atoms with E-state index in [1.807, 2.05) is 0 Å². The maximum absolute atomic E-state index is 11.0. The van der Waals surface area contributed by atoms with Crippen LogP contribution >= 0.6 is 0 Å². The summed E-state index contributed by atoms with van der Waals surface area (Å²) in [4.78, 5) is 11.0. The van der Waals surface area contributed by atoms with Gasteiger partial charge in [0, 0.05) is 6.42 Å². The molecule has 1 fully saturated rings. The molecule has 0 bridgehead atoms. The van der Waals surface area contributed by atoms with Crippen LogP contribution in [0.4, 0.5) is 0 Å². The highest BCUT2D eigenvalue weighted by Gasteiger charge is 2.42. The number of aliphatic hydroxyl groups is 1. The van der Waals surface area contributed by atoms with E-state index in [2.05, 4.69) is 0 Å². The fourth-order valence-electron chi connectivity index (χ4n) is 2.16. The molecule has 1 N–H and O–H groups in total. The zero-order valence-corrected chi connectivity index (χ0v) is 6.63. The van der Waals surface area contributed by atoms with Gasteiger partial charge in [0.1, 0.15) is 0 Å². The molecule has 1 saturated carbocycles. The summed E-state index contributed by atoms with van der Waals surface area (Å²) in [6.45, 7) is 1.80. The van der Waals surface area contributed by atoms with Crippen LogP contribution in [0.5, 0.6) is 0 Å². The topological polar surface area (TPSA) is 37.3 Å². The normalized spacial score (nSPS) is 42.5. The van der Waals surface area contributed by atoms with Crippen LogP contribution in [0.2, 0.25) is 0 Å². The molecule has 2 aliphatic rings. The van der Waals surface area contributed by atoms with Gasteiger partial charge in [-0.1, -0.05) is 0 Å². The van der Waals surface area contributed by atoms with Crippen LogP contribution in [0.3, 0.4) is 0 Å². The molecule has 2 aliphatic carbocycles. The van der Waals surface area contributed by atoms with Crippen molar-refractivity contribution in [2.75, 3.05) is 0 Å². The number of ketones is 1. The van der Waals surface area contributed by atoms with E-state index in [-0.39, 0.29) is 5.78 Å². The monoisotopic (exact) mass is 152 g/mol. The highest BCUT2D eigenvalue weighted by Crippen LogP contribution is 2.44. The predicted octanol–water partition coefficient (Wildman–Crippen LogP) is 1.05. The first-order valence-corrected chi connectivity index (χ1v) is 4.07. The summed E-state index contributed by atoms with van der Waals surface area (Å²) in [6, 6.07) is 0. The molecular weight excluding hydrogens is 140 g/mol. The molecule has 60 valence electrons. The first-order chi connectivity index (χ1) is 5.09. The molecule has 2 heteroatoms. The van der Waals surface area contributed by atoms with Gasteiger partial charge in [-0.05, 0) is 37.3 Å². The van der Waals surface area contributed by atoms with Crippen molar-refractivity contribution in [1.82, 2.24) is 0 Å². The summed E-state index contributed by atoms with van der Waals surface area (Å²) in [5.74, 6) is 0.544. The molecule has 11 heavy (non-hydrogen) atoms. The minimum atomic E-state index is -0.684. The van der Waals surface area contributed by atoms with Crippen molar-refractivity contribution in [2.24, 2.45) is 5.92 Å². The molecule has 0 aromatic rings. The van der Waals surface area contributed by atoms with Crippen molar-refractivity contribution in [2.45, 2.75) is 31.8 Å². The second kappa shape index (κ2) is 1.95. The number of allylic oxidation sites excluding steroid dienone is 1. The maximum Gasteiger partial charge on any atom is 0.156 e. The molecule has 0 amide bonds. The molecule has 0 spiro atoms. The lowest BCUT2D eigenvalue weighted by molar-refractivity contribution is -0.114. The zero-order valence-electron chi connectivity index (χ0n) is 6.63. The molecule has 2 atom stereocenters. The summed E-state index contributed by atoms with van der Waals surface area (Å²) in [5.41, 5.74) is 0.291. The Kier molecular flexibility index (Phi) is 1.25. The summed E-state index contributed by atoms with van der Waals surface area (Å²) >= 11 is 0. The number of carbonyl (C=O) groups is 1. The Morgan fingerprint density at radius 2 is 2.45 bits per heavy atom. The van der Waals surface area contributed by atoms with Gasteiger partial charge in [0.15, 0.2) is 5.78 Å². The lowest BCUT2D eigenvalue weighted by Crippen LogP contribution is -2.21. The Morgan fingerprint density at radius 3 is 3.09 bits per heavy atom. The van der Waals surface area contributed by atoms with E-state index in [1.165, 1.54) is 0 Å². The largest absolute Gasteiger partial charge is 0.386 e. The van der Waals surface area contributed by atoms with Crippen molar-refractivity contribution in [1.29, 1.82) is 0 Å². The maximum atomic E-state index is 11.0. The summed E-state index contributed by atoms with van der Waals surface area (Å²) in [6.07, 6.45) is 4.06. The molecule has 0 unspecified atom stereocenters. The highest BCUT2D eigenvalue weighted by molar-refractivity contribution is 5.94. The van der Waals surface area contributed by atoms with Crippen LogP contribution in [0.25, 0.3) is 0 Å². The Labute approximate surface area is 65.9 Å². The van der Waals surface area contributed by atoms with Crippen molar-refractivity contribution in [3.05, 3.63) is 11.6 Å². The molecule has 0 aromatic carbocycles. The van der Waals surface area contributed by atoms with E-state index in [4.69, 9.17) is 0 Å². The van der Waals surface area contributed by atoms with E-state index < -0.39 is 5.60 Å². The van der Waals surface area contributed by atoms with E-state index >= 15 is 0 Å². The minimum Gasteiger partial charge on any atom is -0.386 e. The average Bonchev–Trinajstić information content (AvgIpc) is 2.35. The second-order valence-electron chi connectivity index (χ2n) is 3.78. The van der Waals surface area contributed by atoms with E-state index in [0.717, 1.165) is 18.4 Å². The number of hydrogen-bond acceptors (Lipinski definition) is 2. The number of rotatable bonds is 0. The van der Waals surface area contributed by atoms with Crippen LogP contribution in [0.1, 0.15) is 26.2 Å². The summed E-state index contributed by atoms with van der Waals surface area (Å²) in [5, 5.41) is 9.76. The number of fused-ring (bicyclic) bond motifs is 1. The molecule has 0 aliphatic heterocycles. The van der Waals surface area contributed by atoms with E-state index in [9.17, 15) is 9.90 Å². The molecule has 0 aromatic heterocycles. The third kappa shape index (κ3) is 0.932. The smallest absolute Gasteiger partial charge is 0.156 e. The quantitative estimate of drug-likeness (QED) is 0.563. The molecule has 0 saturated heterocycles. The van der Waals surface area contributed by atoms with Gasteiger partial charge in [0.25, 0.3) is 0 Å². The van der Waals surface area contributed by atoms with E-state index in [1.54, 1.807) is 13.0 Å². The first kappa shape index (κ1) is 7.04. The van der Waals surface area contributed by atoms with Gasteiger partial charge in [0.2, 0.25) is 0 Å². The molecule has 2 nitrogen and oxygen atoms in total. The van der Waals surface area contributed by atoms with E-state index in [0.29, 0.717) is 12.3 Å². The zero-order chi connectivity index (χ0) is 8.06. The first-order valence-electron chi connectivity index (χ1n) is 4.07. The third-order valence-electron chi connectivity index (χ3n) is 2.81. The fourth-order valence-corrected chi connectivity index (χ4v) is 2.16. The standard InChI is InChI=1S/C9H12O2/c1-9(11)3-2-6-4-7(10)5-8(6)9/h5-6,11H,2-4H2,1H3/t6-,9-/m1/s1. The average molecular weight is 152 g/mol. The van der Waals surface area contributed by atoms with Crippen molar-refractivity contribution < 1.29 is 9.90 Å². The van der Waals surface area contributed by atoms with Crippen LogP contribution in [-0.4, -0.2) is 16.5 Å². The van der Waals surface area contributed by atoms with Crippen molar-refractivity contribution >= 4 is 5.78 Å². The van der Waals surface area contributed by atoms with Crippen molar-refractivity contribution in [3.63, 3.8) is 0 Å². The summed E-state index contributed by atoms with van der Waals surface area (Å²) in [7, 11) is 0. The molecular formula is C9H12O2. The number of hydrogen-bond donors (Lipinski definition) is 1. The van der Waals surface area contributed by atoms with Gasteiger partial charge < -0.3 is 5.11 Å². The Balaban J connectivity index is 2.36. The molecule has 2 rings (SSSR count). The molecule has 0 radical (unpaired) electrons. The van der Waals surface area contributed by atoms with Crippen LogP contribution in [-0.2, 0) is 4.79 Å². The Morgan fingerprint density at radius 1 is 1.73 bits per heavy atom. The minimum absolute atomic E-state index is 0.185. The van der Waals surface area contributed by atoms with Gasteiger partial charge in [-0.25, -0.2) is 0 Å². The number of carbonyl (C=O) groups excluding carboxylic acids is 1. The van der Waals surface area contributed by atoms with Crippen LogP contribution < -0.4 is 0 Å². The SMILES string of the molecule is C[C@@]1(O)CC[C@@H]2CC(=O)C=C21. The van der Waals surface area contributed by atoms with Gasteiger partial charge in [-0.15, -0.1) is 0 Å². The van der Waals surface area contributed by atoms with Crippen LogP contribution in [0.15, 0.2) is 11.6 Å². The lowest BCUT2D eigenvalue weighted by atomic mass is 9.98. The lowest BCUT2D eigenvalue weighted by Gasteiger charge is -2.17. The predicted molar refractivity (Wildman–Crippen MR) is 41.1 cm³/mol. The van der Waals surface area contributed by atoms with Gasteiger partial charge >= 0.3 is 0 Å². The van der Waals surface area contributed by atoms with Crippen LogP contribution in [0, 0.1) is 5.92 Å². The van der Waals surface area contributed by atoms with Gasteiger partial charge in [-0.2, -0.15) is 0 Å². The summed E-state index contributed by atoms with van der Waals surface area (Å²) < 4.78 is 0. The fraction of sp³-hybridized carbons (Fsp3) is 0.667. The second-order valence-corrected chi connectivity index (χ2v) is 3.78. The molecule has 0 heterocycles. The third-order valence-corrected chi connectivity index (χ3v) is 2.81. The van der Waals surface area contributed by atoms with Gasteiger partial charge in [-0.3, -0.25) is 4.79 Å². The highest BCUT2D eigenvalue weighted by atomic mass is 16.3. The van der Waals surface area contributed by atoms with Crippen molar-refractivity contribution in [3.8, 4) is 0 Å². The van der Waals surface area contributed by atoms with Gasteiger partial charge in [0.05, 0.1) is 5.60 Å².